The van der Waals surface area contributed by atoms with Crippen molar-refractivity contribution in [1.82, 2.24) is 0 Å². The van der Waals surface area contributed by atoms with E-state index in [1.165, 1.54) is 0 Å². The molecule has 80 valence electrons. The fraction of sp³-hybridized carbons (Fsp3) is 1.00. The zero-order valence-electron chi connectivity index (χ0n) is 11.2. The van der Waals surface area contributed by atoms with E-state index in [1.54, 1.807) is 0 Å². The third-order valence-electron chi connectivity index (χ3n) is 1.33. The van der Waals surface area contributed by atoms with Crippen LogP contribution in [0.1, 0.15) is 69.2 Å². The van der Waals surface area contributed by atoms with E-state index in [0.29, 0.717) is 0 Å². The van der Waals surface area contributed by atoms with Gasteiger partial charge in [-0.05, 0) is 11.8 Å². The maximum atomic E-state index is 2.24. The molecule has 0 fully saturated rings. The van der Waals surface area contributed by atoms with Crippen LogP contribution in [0.5, 0.6) is 0 Å². The van der Waals surface area contributed by atoms with Gasteiger partial charge in [-0.2, -0.15) is 0 Å². The lowest BCUT2D eigenvalue weighted by molar-refractivity contribution is 0.457. The molecule has 0 rings (SSSR count). The van der Waals surface area contributed by atoms with E-state index in [0.717, 1.165) is 11.8 Å². The molecule has 0 saturated carbocycles. The van der Waals surface area contributed by atoms with Gasteiger partial charge in [0.15, 0.2) is 0 Å². The Kier molecular flexibility index (Phi) is 57.8. The lowest BCUT2D eigenvalue weighted by Gasteiger charge is -2.05. The Morgan fingerprint density at radius 1 is 0.417 bits per heavy atom. The van der Waals surface area contributed by atoms with Gasteiger partial charge in [-0.15, -0.1) is 0 Å². The Morgan fingerprint density at radius 3 is 0.500 bits per heavy atom. The summed E-state index contributed by atoms with van der Waals surface area (Å²) in [6.07, 6.45) is 0. The first kappa shape index (κ1) is 22.7. The maximum absolute atomic E-state index is 2.24. The molecule has 0 spiro atoms. The van der Waals surface area contributed by atoms with Crippen LogP contribution in [0.3, 0.4) is 0 Å². The molecule has 0 saturated heterocycles. The van der Waals surface area contributed by atoms with Crippen molar-refractivity contribution in [2.75, 3.05) is 0 Å². The summed E-state index contributed by atoms with van der Waals surface area (Å²) in [5.41, 5.74) is 0. The van der Waals surface area contributed by atoms with E-state index in [-0.39, 0.29) is 0 Å². The summed E-state index contributed by atoms with van der Waals surface area (Å²) in [5, 5.41) is 0. The average Bonchev–Trinajstić information content (AvgIpc) is 2.14. The Labute approximate surface area is 81.8 Å². The third-order valence-corrected chi connectivity index (χ3v) is 1.33. The highest BCUT2D eigenvalue weighted by atomic mass is 14.0. The Bertz CT molecular complexity index is 21.0. The molecule has 0 heteroatoms. The van der Waals surface area contributed by atoms with Crippen LogP contribution in [0.25, 0.3) is 0 Å². The van der Waals surface area contributed by atoms with E-state index < -0.39 is 0 Å². The van der Waals surface area contributed by atoms with Crippen LogP contribution in [0, 0.1) is 11.8 Å². The van der Waals surface area contributed by atoms with Gasteiger partial charge in [-0.3, -0.25) is 0 Å². The summed E-state index contributed by atoms with van der Waals surface area (Å²) >= 11 is 0. The molecule has 0 aliphatic rings. The number of hydrogen-bond donors (Lipinski definition) is 0. The number of rotatable bonds is 1. The molecule has 0 aromatic carbocycles. The van der Waals surface area contributed by atoms with Crippen molar-refractivity contribution >= 4 is 0 Å². The molecule has 0 heterocycles. The fourth-order valence-corrected chi connectivity index (χ4v) is 0. The summed E-state index contributed by atoms with van der Waals surface area (Å²) < 4.78 is 0. The van der Waals surface area contributed by atoms with Gasteiger partial charge in [0.25, 0.3) is 0 Å². The number of hydrogen-bond acceptors (Lipinski definition) is 0. The monoisotopic (exact) mass is 176 g/mol. The second-order valence-corrected chi connectivity index (χ2v) is 2.49. The van der Waals surface area contributed by atoms with Crippen LogP contribution in [0.15, 0.2) is 0 Å². The van der Waals surface area contributed by atoms with Crippen LogP contribution >= 0.6 is 0 Å². The fourth-order valence-electron chi connectivity index (χ4n) is 0. The van der Waals surface area contributed by atoms with Crippen molar-refractivity contribution in [1.29, 1.82) is 0 Å². The second-order valence-electron chi connectivity index (χ2n) is 2.49. The van der Waals surface area contributed by atoms with E-state index >= 15 is 0 Å². The van der Waals surface area contributed by atoms with Gasteiger partial charge in [0, 0.05) is 0 Å². The zero-order valence-corrected chi connectivity index (χ0v) is 11.2. The van der Waals surface area contributed by atoms with Gasteiger partial charge in [-0.25, -0.2) is 0 Å². The van der Waals surface area contributed by atoms with Gasteiger partial charge in [-0.1, -0.05) is 69.2 Å². The van der Waals surface area contributed by atoms with Crippen molar-refractivity contribution < 1.29 is 0 Å². The van der Waals surface area contributed by atoms with Crippen LogP contribution in [0.4, 0.5) is 0 Å². The molecule has 0 N–H and O–H groups in total. The first-order valence-electron chi connectivity index (χ1n) is 5.64. The molecule has 0 aliphatic carbocycles. The molecule has 0 aromatic heterocycles. The van der Waals surface area contributed by atoms with Crippen molar-refractivity contribution in [3.8, 4) is 0 Å². The van der Waals surface area contributed by atoms with Crippen LogP contribution in [-0.2, 0) is 0 Å². The highest BCUT2D eigenvalue weighted by Gasteiger charge is 1.95. The molecule has 0 bridgehead atoms. The van der Waals surface area contributed by atoms with Crippen molar-refractivity contribution in [2.24, 2.45) is 11.8 Å². The highest BCUT2D eigenvalue weighted by Crippen LogP contribution is 2.05. The van der Waals surface area contributed by atoms with Gasteiger partial charge in [0.2, 0.25) is 0 Å². The molecule has 0 unspecified atom stereocenters. The smallest absolute Gasteiger partial charge is 0.0448 e. The predicted octanol–water partition coefficient (Wildman–Crippen LogP) is 5.38. The molecular formula is C12H32. The predicted molar refractivity (Wildman–Crippen MR) is 63.7 cm³/mol. The normalized spacial score (nSPS) is 7.00. The minimum absolute atomic E-state index is 0.852. The summed E-state index contributed by atoms with van der Waals surface area (Å²) in [4.78, 5) is 0. The standard InChI is InChI=1S/C6H14.3C2H6/c1-5(2)6(3)4;3*1-2/h5-6H,1-4H3;3*1-2H3. The minimum atomic E-state index is 0.852. The maximum Gasteiger partial charge on any atom is -0.0448 e. The lowest BCUT2D eigenvalue weighted by Crippen LogP contribution is -1.95. The van der Waals surface area contributed by atoms with Gasteiger partial charge in [0.1, 0.15) is 0 Å². The first-order chi connectivity index (χ1) is 5.64. The zero-order chi connectivity index (χ0) is 11.2. The summed E-state index contributed by atoms with van der Waals surface area (Å²) in [6, 6.07) is 0. The summed E-state index contributed by atoms with van der Waals surface area (Å²) in [7, 11) is 0. The van der Waals surface area contributed by atoms with E-state index in [4.69, 9.17) is 0 Å². The minimum Gasteiger partial charge on any atom is -0.0683 e. The second kappa shape index (κ2) is 30.6. The molecule has 0 atom stereocenters. The third kappa shape index (κ3) is 50.6. The quantitative estimate of drug-likeness (QED) is 0.503. The Morgan fingerprint density at radius 2 is 0.500 bits per heavy atom. The van der Waals surface area contributed by atoms with Crippen molar-refractivity contribution in [2.45, 2.75) is 69.2 Å². The molecule has 0 radical (unpaired) electrons. The van der Waals surface area contributed by atoms with E-state index in [1.807, 2.05) is 41.5 Å². The molecule has 0 aliphatic heterocycles. The van der Waals surface area contributed by atoms with Crippen LogP contribution in [0.2, 0.25) is 0 Å². The van der Waals surface area contributed by atoms with Crippen LogP contribution < -0.4 is 0 Å². The van der Waals surface area contributed by atoms with Crippen molar-refractivity contribution in [3.05, 3.63) is 0 Å². The van der Waals surface area contributed by atoms with Gasteiger partial charge >= 0.3 is 0 Å². The average molecular weight is 176 g/mol. The Hall–Kier alpha value is 0. The lowest BCUT2D eigenvalue weighted by atomic mass is 10.0. The highest BCUT2D eigenvalue weighted by molar-refractivity contribution is 4.46. The van der Waals surface area contributed by atoms with E-state index in [9.17, 15) is 0 Å². The molecule has 0 amide bonds. The van der Waals surface area contributed by atoms with E-state index in [2.05, 4.69) is 27.7 Å². The SMILES string of the molecule is CC.CC.CC.CC(C)C(C)C. The van der Waals surface area contributed by atoms with Gasteiger partial charge < -0.3 is 0 Å². The Balaban J connectivity index is -0.0000000453. The summed E-state index contributed by atoms with van der Waals surface area (Å²) in [5.74, 6) is 1.70. The molecule has 12 heavy (non-hydrogen) atoms. The molecular weight excluding hydrogens is 144 g/mol. The first-order valence-corrected chi connectivity index (χ1v) is 5.64. The van der Waals surface area contributed by atoms with Crippen molar-refractivity contribution in [3.63, 3.8) is 0 Å². The van der Waals surface area contributed by atoms with Gasteiger partial charge in [0.05, 0.1) is 0 Å². The largest absolute Gasteiger partial charge is 0.0683 e. The topological polar surface area (TPSA) is 0 Å². The van der Waals surface area contributed by atoms with Crippen LogP contribution in [-0.4, -0.2) is 0 Å². The summed E-state index contributed by atoms with van der Waals surface area (Å²) in [6.45, 7) is 21.0. The molecule has 0 nitrogen and oxygen atoms in total. The molecule has 0 aromatic rings.